The number of hydrogen-bond acceptors (Lipinski definition) is 3. The van der Waals surface area contributed by atoms with E-state index in [1.807, 2.05) is 0 Å². The number of halogens is 3. The van der Waals surface area contributed by atoms with Crippen LogP contribution < -0.4 is 5.32 Å². The van der Waals surface area contributed by atoms with Gasteiger partial charge >= 0.3 is 6.18 Å². The zero-order valence-corrected chi connectivity index (χ0v) is 14.7. The van der Waals surface area contributed by atoms with Gasteiger partial charge in [-0.25, -0.2) is 0 Å². The summed E-state index contributed by atoms with van der Waals surface area (Å²) in [6, 6.07) is 3.27. The van der Waals surface area contributed by atoms with Gasteiger partial charge in [0, 0.05) is 32.3 Å². The first kappa shape index (κ1) is 19.7. The molecule has 0 aromatic heterocycles. The van der Waals surface area contributed by atoms with E-state index in [-0.39, 0.29) is 5.56 Å². The van der Waals surface area contributed by atoms with Crippen LogP contribution in [0, 0.1) is 12.8 Å². The molecule has 1 aromatic rings. The van der Waals surface area contributed by atoms with Crippen molar-refractivity contribution in [1.82, 2.24) is 10.2 Å². The number of rotatable bonds is 6. The number of carbonyl (C=O) groups is 1. The lowest BCUT2D eigenvalue weighted by atomic mass is 9.97. The number of benzene rings is 1. The average Bonchev–Trinajstić information content (AvgIpc) is 2.57. The van der Waals surface area contributed by atoms with E-state index in [0.29, 0.717) is 24.6 Å². The van der Waals surface area contributed by atoms with E-state index in [4.69, 9.17) is 4.74 Å². The van der Waals surface area contributed by atoms with E-state index in [1.165, 1.54) is 6.07 Å². The van der Waals surface area contributed by atoms with Gasteiger partial charge in [-0.15, -0.1) is 0 Å². The van der Waals surface area contributed by atoms with E-state index in [9.17, 15) is 18.0 Å². The molecular weight excluding hydrogens is 333 g/mol. The van der Waals surface area contributed by atoms with E-state index in [0.717, 1.165) is 44.6 Å². The van der Waals surface area contributed by atoms with Gasteiger partial charge in [0.2, 0.25) is 0 Å². The Labute approximate surface area is 146 Å². The second kappa shape index (κ2) is 8.67. The molecule has 1 atom stereocenters. The van der Waals surface area contributed by atoms with Crippen LogP contribution in [0.5, 0.6) is 0 Å². The predicted molar refractivity (Wildman–Crippen MR) is 89.6 cm³/mol. The summed E-state index contributed by atoms with van der Waals surface area (Å²) in [6.07, 6.45) is -2.40. The summed E-state index contributed by atoms with van der Waals surface area (Å²) in [7, 11) is 1.67. The molecule has 1 saturated heterocycles. The van der Waals surface area contributed by atoms with Crippen molar-refractivity contribution >= 4 is 5.91 Å². The number of methoxy groups -OCH3 is 1. The molecule has 140 valence electrons. The fraction of sp³-hybridized carbons (Fsp3) is 0.611. The molecule has 1 amide bonds. The van der Waals surface area contributed by atoms with Crippen LogP contribution in [0.4, 0.5) is 13.2 Å². The Kier molecular flexibility index (Phi) is 6.84. The van der Waals surface area contributed by atoms with Crippen LogP contribution in [0.2, 0.25) is 0 Å². The number of piperidine rings is 1. The summed E-state index contributed by atoms with van der Waals surface area (Å²) < 4.78 is 43.6. The first-order valence-corrected chi connectivity index (χ1v) is 8.48. The van der Waals surface area contributed by atoms with Crippen molar-refractivity contribution in [2.75, 3.05) is 39.9 Å². The van der Waals surface area contributed by atoms with Gasteiger partial charge in [0.25, 0.3) is 5.91 Å². The molecule has 1 N–H and O–H groups in total. The van der Waals surface area contributed by atoms with Gasteiger partial charge in [-0.05, 0) is 49.9 Å². The Morgan fingerprint density at radius 3 is 2.84 bits per heavy atom. The van der Waals surface area contributed by atoms with Crippen molar-refractivity contribution in [1.29, 1.82) is 0 Å². The zero-order chi connectivity index (χ0) is 18.4. The lowest BCUT2D eigenvalue weighted by Gasteiger charge is -2.32. The highest BCUT2D eigenvalue weighted by atomic mass is 19.4. The second-order valence-electron chi connectivity index (χ2n) is 6.54. The minimum atomic E-state index is -4.45. The van der Waals surface area contributed by atoms with Crippen molar-refractivity contribution in [2.45, 2.75) is 25.9 Å². The Morgan fingerprint density at radius 2 is 2.16 bits per heavy atom. The number of carbonyl (C=O) groups excluding carboxylic acids is 1. The van der Waals surface area contributed by atoms with Crippen LogP contribution in [-0.2, 0) is 10.9 Å². The molecule has 0 radical (unpaired) electrons. The second-order valence-corrected chi connectivity index (χ2v) is 6.54. The van der Waals surface area contributed by atoms with E-state index < -0.39 is 17.6 Å². The van der Waals surface area contributed by atoms with Gasteiger partial charge in [-0.3, -0.25) is 4.79 Å². The predicted octanol–water partition coefficient (Wildman–Crippen LogP) is 3.10. The van der Waals surface area contributed by atoms with Gasteiger partial charge in [-0.2, -0.15) is 13.2 Å². The molecule has 4 nitrogen and oxygen atoms in total. The van der Waals surface area contributed by atoms with Crippen LogP contribution in [0.1, 0.15) is 34.3 Å². The largest absolute Gasteiger partial charge is 0.416 e. The molecule has 25 heavy (non-hydrogen) atoms. The smallest absolute Gasteiger partial charge is 0.383 e. The van der Waals surface area contributed by atoms with Crippen LogP contribution >= 0.6 is 0 Å². The lowest BCUT2D eigenvalue weighted by Crippen LogP contribution is -2.42. The standard InChI is InChI=1S/C18H25F3N2O2/c1-13-5-6-15(18(19,20)21)10-16(13)17(24)22-11-14-4-3-7-23(12-14)8-9-25-2/h5-6,10,14H,3-4,7-9,11-12H2,1-2H3,(H,22,24)/t14-/m0/s1. The summed E-state index contributed by atoms with van der Waals surface area (Å²) in [4.78, 5) is 14.6. The SMILES string of the molecule is COCCN1CCC[C@@H](CNC(=O)c2cc(C(F)(F)F)ccc2C)C1. The Morgan fingerprint density at radius 1 is 1.40 bits per heavy atom. The van der Waals surface area contributed by atoms with Crippen molar-refractivity contribution in [3.63, 3.8) is 0 Å². The first-order chi connectivity index (χ1) is 11.8. The number of nitrogens with one attached hydrogen (secondary N) is 1. The number of nitrogens with zero attached hydrogens (tertiary/aromatic N) is 1. The molecule has 7 heteroatoms. The Balaban J connectivity index is 1.94. The topological polar surface area (TPSA) is 41.6 Å². The number of hydrogen-bond donors (Lipinski definition) is 1. The molecule has 1 aromatic carbocycles. The highest BCUT2D eigenvalue weighted by Crippen LogP contribution is 2.30. The van der Waals surface area contributed by atoms with Gasteiger partial charge in [0.05, 0.1) is 12.2 Å². The first-order valence-electron chi connectivity index (χ1n) is 8.48. The van der Waals surface area contributed by atoms with Crippen LogP contribution in [0.15, 0.2) is 18.2 Å². The molecule has 0 bridgehead atoms. The minimum absolute atomic E-state index is 0.0851. The van der Waals surface area contributed by atoms with Gasteiger partial charge in [-0.1, -0.05) is 6.07 Å². The van der Waals surface area contributed by atoms with Gasteiger partial charge in [0.1, 0.15) is 0 Å². The maximum absolute atomic E-state index is 12.8. The van der Waals surface area contributed by atoms with Crippen LogP contribution in [0.3, 0.4) is 0 Å². The van der Waals surface area contributed by atoms with Crippen molar-refractivity contribution < 1.29 is 22.7 Å². The van der Waals surface area contributed by atoms with E-state index in [2.05, 4.69) is 10.2 Å². The molecule has 0 aliphatic carbocycles. The summed E-state index contributed by atoms with van der Waals surface area (Å²) in [5.74, 6) is -0.140. The van der Waals surface area contributed by atoms with Gasteiger partial charge < -0.3 is 15.0 Å². The Bertz CT molecular complexity index is 590. The third-order valence-corrected chi connectivity index (χ3v) is 4.58. The number of alkyl halides is 3. The Hall–Kier alpha value is -1.60. The highest BCUT2D eigenvalue weighted by molar-refractivity contribution is 5.95. The third kappa shape index (κ3) is 5.71. The molecule has 1 heterocycles. The fourth-order valence-corrected chi connectivity index (χ4v) is 3.12. The molecule has 2 rings (SSSR count). The zero-order valence-electron chi connectivity index (χ0n) is 14.7. The lowest BCUT2D eigenvalue weighted by molar-refractivity contribution is -0.137. The van der Waals surface area contributed by atoms with Crippen molar-refractivity contribution in [3.05, 3.63) is 34.9 Å². The number of likely N-dealkylation sites (tertiary alicyclic amines) is 1. The highest BCUT2D eigenvalue weighted by Gasteiger charge is 2.31. The quantitative estimate of drug-likeness (QED) is 0.850. The summed E-state index contributed by atoms with van der Waals surface area (Å²) in [5, 5.41) is 2.80. The molecule has 1 aliphatic rings. The number of aryl methyl sites for hydroxylation is 1. The van der Waals surface area contributed by atoms with E-state index in [1.54, 1.807) is 14.0 Å². The normalized spacial score (nSPS) is 19.0. The fourth-order valence-electron chi connectivity index (χ4n) is 3.12. The van der Waals surface area contributed by atoms with Crippen molar-refractivity contribution in [2.24, 2.45) is 5.92 Å². The average molecular weight is 358 g/mol. The molecule has 0 saturated carbocycles. The number of amides is 1. The molecule has 1 fully saturated rings. The third-order valence-electron chi connectivity index (χ3n) is 4.58. The molecule has 0 spiro atoms. The van der Waals surface area contributed by atoms with Crippen LogP contribution in [0.25, 0.3) is 0 Å². The van der Waals surface area contributed by atoms with Crippen molar-refractivity contribution in [3.8, 4) is 0 Å². The monoisotopic (exact) mass is 358 g/mol. The number of ether oxygens (including phenoxy) is 1. The molecule has 0 unspecified atom stereocenters. The maximum atomic E-state index is 12.8. The van der Waals surface area contributed by atoms with E-state index >= 15 is 0 Å². The summed E-state index contributed by atoms with van der Waals surface area (Å²) in [6.45, 7) is 5.52. The van der Waals surface area contributed by atoms with Crippen LogP contribution in [-0.4, -0.2) is 50.7 Å². The molecular formula is C18H25F3N2O2. The van der Waals surface area contributed by atoms with Gasteiger partial charge in [0.15, 0.2) is 0 Å². The minimum Gasteiger partial charge on any atom is -0.383 e. The molecule has 1 aliphatic heterocycles. The summed E-state index contributed by atoms with van der Waals surface area (Å²) >= 11 is 0. The maximum Gasteiger partial charge on any atom is 0.416 e. The summed E-state index contributed by atoms with van der Waals surface area (Å²) in [5.41, 5.74) is -0.176.